The molecular weight excluding hydrogens is 352 g/mol. The molecule has 0 saturated heterocycles. The molecule has 0 fully saturated rings. The molecular formula is C17H19N6O4+. The van der Waals surface area contributed by atoms with Gasteiger partial charge in [0.2, 0.25) is 0 Å². The fourth-order valence-electron chi connectivity index (χ4n) is 2.12. The van der Waals surface area contributed by atoms with E-state index in [0.717, 1.165) is 6.34 Å². The molecule has 2 rings (SSSR count). The van der Waals surface area contributed by atoms with Crippen molar-refractivity contribution in [3.8, 4) is 0 Å². The monoisotopic (exact) mass is 371 g/mol. The van der Waals surface area contributed by atoms with Crippen LogP contribution in [0.15, 0.2) is 69.2 Å². The summed E-state index contributed by atoms with van der Waals surface area (Å²) in [6.07, 6.45) is 4.54. The number of aromatic nitrogens is 2. The molecule has 0 unspecified atom stereocenters. The third-order valence-electron chi connectivity index (χ3n) is 3.39. The van der Waals surface area contributed by atoms with Gasteiger partial charge in [-0.05, 0) is 23.3 Å². The Morgan fingerprint density at radius 3 is 2.63 bits per heavy atom. The van der Waals surface area contributed by atoms with Gasteiger partial charge in [-0.15, -0.1) is 10.2 Å². The smallest absolute Gasteiger partial charge is 0.350 e. The highest BCUT2D eigenvalue weighted by atomic mass is 16.4. The van der Waals surface area contributed by atoms with Gasteiger partial charge in [-0.3, -0.25) is 9.59 Å². The van der Waals surface area contributed by atoms with E-state index in [1.807, 2.05) is 0 Å². The molecule has 140 valence electrons. The van der Waals surface area contributed by atoms with Crippen molar-refractivity contribution in [2.45, 2.75) is 25.9 Å². The highest BCUT2D eigenvalue weighted by Gasteiger charge is 2.09. The number of aryl methyl sites for hydroxylation is 2. The highest BCUT2D eigenvalue weighted by Crippen LogP contribution is 2.04. The molecule has 10 nitrogen and oxygen atoms in total. The lowest BCUT2D eigenvalue weighted by Crippen LogP contribution is -2.34. The molecule has 0 radical (unpaired) electrons. The predicted octanol–water partition coefficient (Wildman–Crippen LogP) is 1.35. The van der Waals surface area contributed by atoms with Gasteiger partial charge in [0, 0.05) is 18.8 Å². The first kappa shape index (κ1) is 19.6. The Kier molecular flexibility index (Phi) is 7.51. The SMILES string of the molecule is O=C(O)CCn1ccccc1=NN=CN=Nc1cccc[n+]1CCC(=O)O. The lowest BCUT2D eigenvalue weighted by atomic mass is 10.4. The van der Waals surface area contributed by atoms with Crippen molar-refractivity contribution in [1.82, 2.24) is 4.57 Å². The Hall–Kier alpha value is -3.69. The molecule has 0 atom stereocenters. The van der Waals surface area contributed by atoms with Crippen LogP contribution in [0.2, 0.25) is 0 Å². The average Bonchev–Trinajstić information content (AvgIpc) is 2.66. The maximum Gasteiger partial charge on any atom is 0.350 e. The van der Waals surface area contributed by atoms with Crippen molar-refractivity contribution in [3.63, 3.8) is 0 Å². The summed E-state index contributed by atoms with van der Waals surface area (Å²) in [5.74, 6) is -1.30. The van der Waals surface area contributed by atoms with Crippen LogP contribution in [0.3, 0.4) is 0 Å². The Labute approximate surface area is 154 Å². The van der Waals surface area contributed by atoms with Gasteiger partial charge in [-0.2, -0.15) is 0 Å². The summed E-state index contributed by atoms with van der Waals surface area (Å²) in [5, 5.41) is 33.2. The van der Waals surface area contributed by atoms with Crippen molar-refractivity contribution in [1.29, 1.82) is 0 Å². The molecule has 27 heavy (non-hydrogen) atoms. The van der Waals surface area contributed by atoms with Gasteiger partial charge in [0.25, 0.3) is 0 Å². The van der Waals surface area contributed by atoms with Crippen molar-refractivity contribution in [2.75, 3.05) is 0 Å². The standard InChI is InChI=1S/C17H18N6O4/c24-16(25)7-11-22-9-3-1-5-14(22)20-18-13-19-21-15-6-2-4-10-23(15)12-8-17(26)27/h1-6,9-10,13H,7-8,11-12H2,(H-,24,25,26,27)/p+1. The van der Waals surface area contributed by atoms with E-state index in [1.165, 1.54) is 0 Å². The Morgan fingerprint density at radius 2 is 1.85 bits per heavy atom. The summed E-state index contributed by atoms with van der Waals surface area (Å²) in [7, 11) is 0. The molecule has 10 heteroatoms. The zero-order valence-electron chi connectivity index (χ0n) is 14.4. The predicted molar refractivity (Wildman–Crippen MR) is 94.1 cm³/mol. The fourth-order valence-corrected chi connectivity index (χ4v) is 2.12. The number of hydrogen-bond donors (Lipinski definition) is 2. The molecule has 0 aromatic carbocycles. The molecule has 0 aliphatic rings. The van der Waals surface area contributed by atoms with E-state index in [-0.39, 0.29) is 25.9 Å². The minimum absolute atomic E-state index is 0.0228. The molecule has 0 spiro atoms. The van der Waals surface area contributed by atoms with Crippen LogP contribution in [0.1, 0.15) is 12.8 Å². The fraction of sp³-hybridized carbons (Fsp3) is 0.235. The zero-order chi connectivity index (χ0) is 19.5. The van der Waals surface area contributed by atoms with E-state index in [0.29, 0.717) is 11.3 Å². The number of rotatable bonds is 9. The molecule has 2 N–H and O–H groups in total. The first-order valence-electron chi connectivity index (χ1n) is 8.10. The first-order chi connectivity index (χ1) is 13.1. The van der Waals surface area contributed by atoms with Crippen molar-refractivity contribution in [2.24, 2.45) is 20.4 Å². The van der Waals surface area contributed by atoms with Crippen molar-refractivity contribution in [3.05, 3.63) is 54.3 Å². The number of carbonyl (C=O) groups is 2. The number of carboxylic acid groups (broad SMARTS) is 2. The van der Waals surface area contributed by atoms with Gasteiger partial charge in [-0.1, -0.05) is 12.1 Å². The van der Waals surface area contributed by atoms with Crippen LogP contribution >= 0.6 is 0 Å². The second-order valence-electron chi connectivity index (χ2n) is 5.34. The first-order valence-corrected chi connectivity index (χ1v) is 8.10. The van der Waals surface area contributed by atoms with E-state index >= 15 is 0 Å². The number of azo groups is 1. The van der Waals surface area contributed by atoms with E-state index in [9.17, 15) is 9.59 Å². The largest absolute Gasteiger partial charge is 0.481 e. The highest BCUT2D eigenvalue weighted by molar-refractivity contribution is 5.66. The van der Waals surface area contributed by atoms with Gasteiger partial charge in [0.15, 0.2) is 11.8 Å². The second-order valence-corrected chi connectivity index (χ2v) is 5.34. The van der Waals surface area contributed by atoms with E-state index in [1.54, 1.807) is 57.9 Å². The average molecular weight is 371 g/mol. The van der Waals surface area contributed by atoms with Gasteiger partial charge >= 0.3 is 17.8 Å². The quantitative estimate of drug-likeness (QED) is 0.226. The molecule has 2 aromatic heterocycles. The molecule has 0 aliphatic carbocycles. The summed E-state index contributed by atoms with van der Waals surface area (Å²) in [4.78, 5) is 21.4. The minimum atomic E-state index is -0.895. The van der Waals surface area contributed by atoms with Crippen LogP contribution in [-0.2, 0) is 22.7 Å². The molecule has 0 aliphatic heterocycles. The van der Waals surface area contributed by atoms with Crippen LogP contribution in [0, 0.1) is 0 Å². The maximum absolute atomic E-state index is 10.7. The number of nitrogens with zero attached hydrogens (tertiary/aromatic N) is 6. The molecule has 0 amide bonds. The van der Waals surface area contributed by atoms with Crippen LogP contribution in [0.5, 0.6) is 0 Å². The lowest BCUT2D eigenvalue weighted by molar-refractivity contribution is -0.683. The van der Waals surface area contributed by atoms with E-state index in [4.69, 9.17) is 10.2 Å². The summed E-state index contributed by atoms with van der Waals surface area (Å²) in [6.45, 7) is 0.555. The van der Waals surface area contributed by atoms with Gasteiger partial charge < -0.3 is 14.8 Å². The third-order valence-corrected chi connectivity index (χ3v) is 3.39. The number of carboxylic acids is 2. The summed E-state index contributed by atoms with van der Waals surface area (Å²) < 4.78 is 3.33. The van der Waals surface area contributed by atoms with Gasteiger partial charge in [-0.25, -0.2) is 4.57 Å². The van der Waals surface area contributed by atoms with Crippen LogP contribution in [0.25, 0.3) is 0 Å². The molecule has 2 heterocycles. The third kappa shape index (κ3) is 6.98. The summed E-state index contributed by atoms with van der Waals surface area (Å²) in [6, 6.07) is 10.5. The van der Waals surface area contributed by atoms with Crippen molar-refractivity contribution >= 4 is 24.1 Å². The molecule has 2 aromatic rings. The van der Waals surface area contributed by atoms with Crippen LogP contribution in [0.4, 0.5) is 5.82 Å². The zero-order valence-corrected chi connectivity index (χ0v) is 14.4. The van der Waals surface area contributed by atoms with Crippen LogP contribution in [-0.4, -0.2) is 33.1 Å². The van der Waals surface area contributed by atoms with Gasteiger partial charge in [0.1, 0.15) is 6.54 Å². The molecule has 0 bridgehead atoms. The number of aliphatic carboxylic acids is 2. The summed E-state index contributed by atoms with van der Waals surface area (Å²) in [5.41, 5.74) is 0.487. The van der Waals surface area contributed by atoms with E-state index in [2.05, 4.69) is 20.4 Å². The Balaban J connectivity index is 2.07. The van der Waals surface area contributed by atoms with Crippen molar-refractivity contribution < 1.29 is 24.4 Å². The van der Waals surface area contributed by atoms with E-state index < -0.39 is 11.9 Å². The topological polar surface area (TPSA) is 133 Å². The lowest BCUT2D eigenvalue weighted by Gasteiger charge is -2.03. The molecule has 0 saturated carbocycles. The van der Waals surface area contributed by atoms with Gasteiger partial charge in [0.05, 0.1) is 24.2 Å². The number of hydrogen-bond acceptors (Lipinski definition) is 5. The normalized spacial score (nSPS) is 12.1. The maximum atomic E-state index is 10.7. The Bertz CT molecular complexity index is 919. The minimum Gasteiger partial charge on any atom is -0.481 e. The second kappa shape index (κ2) is 10.3. The number of pyridine rings is 2. The Morgan fingerprint density at radius 1 is 1.07 bits per heavy atom. The van der Waals surface area contributed by atoms with Crippen LogP contribution < -0.4 is 10.1 Å². The summed E-state index contributed by atoms with van der Waals surface area (Å²) >= 11 is 0.